The van der Waals surface area contributed by atoms with Crippen molar-refractivity contribution in [3.05, 3.63) is 71.6 Å². The molecule has 0 bridgehead atoms. The Morgan fingerprint density at radius 1 is 1.17 bits per heavy atom. The summed E-state index contributed by atoms with van der Waals surface area (Å²) in [7, 11) is -3.74. The van der Waals surface area contributed by atoms with Crippen LogP contribution in [0.25, 0.3) is 11.5 Å². The van der Waals surface area contributed by atoms with Gasteiger partial charge in [0.2, 0.25) is 15.9 Å². The van der Waals surface area contributed by atoms with Gasteiger partial charge in [0.05, 0.1) is 23.7 Å². The lowest BCUT2D eigenvalue weighted by Crippen LogP contribution is -2.36. The molecule has 0 spiro atoms. The molecular formula is C21H25N5O3S. The predicted molar refractivity (Wildman–Crippen MR) is 116 cm³/mol. The number of aliphatic imine (C=N–C) groups is 1. The highest BCUT2D eigenvalue weighted by Crippen LogP contribution is 2.19. The molecule has 30 heavy (non-hydrogen) atoms. The number of nitrogens with one attached hydrogen (secondary N) is 2. The van der Waals surface area contributed by atoms with E-state index in [0.717, 1.165) is 16.8 Å². The third-order valence-corrected chi connectivity index (χ3v) is 5.19. The second-order valence-electron chi connectivity index (χ2n) is 6.75. The number of nitrogens with zero attached hydrogens (tertiary/aromatic N) is 2. The standard InChI is InChI=1S/C21H25N5O3S/c1-3-23-21(24-12-16-5-4-6-19(11-16)30(22,27)28)25-13-18-14-29-20(26-18)17-9-7-15(2)8-10-17/h4-11,14H,3,12-13H2,1-2H3,(H2,22,27,28)(H2,23,24,25). The predicted octanol–water partition coefficient (Wildman–Crippen LogP) is 2.55. The van der Waals surface area contributed by atoms with E-state index in [4.69, 9.17) is 9.56 Å². The number of benzene rings is 2. The van der Waals surface area contributed by atoms with Crippen LogP contribution in [0.1, 0.15) is 23.7 Å². The highest BCUT2D eigenvalue weighted by molar-refractivity contribution is 7.89. The average molecular weight is 428 g/mol. The Balaban J connectivity index is 1.65. The molecule has 0 saturated heterocycles. The van der Waals surface area contributed by atoms with Crippen molar-refractivity contribution in [2.24, 2.45) is 10.1 Å². The van der Waals surface area contributed by atoms with E-state index in [1.54, 1.807) is 18.4 Å². The first-order chi connectivity index (χ1) is 14.3. The lowest BCUT2D eigenvalue weighted by molar-refractivity contribution is 0.572. The number of oxazole rings is 1. The molecule has 3 rings (SSSR count). The monoisotopic (exact) mass is 427 g/mol. The van der Waals surface area contributed by atoms with Crippen molar-refractivity contribution in [1.82, 2.24) is 15.6 Å². The molecule has 158 valence electrons. The summed E-state index contributed by atoms with van der Waals surface area (Å²) in [5.41, 5.74) is 3.57. The van der Waals surface area contributed by atoms with Gasteiger partial charge >= 0.3 is 0 Å². The summed E-state index contributed by atoms with van der Waals surface area (Å²) in [5, 5.41) is 11.5. The van der Waals surface area contributed by atoms with Crippen molar-refractivity contribution in [1.29, 1.82) is 0 Å². The van der Waals surface area contributed by atoms with E-state index in [1.807, 2.05) is 38.1 Å². The van der Waals surface area contributed by atoms with Crippen molar-refractivity contribution in [2.45, 2.75) is 31.8 Å². The molecule has 1 aromatic heterocycles. The highest BCUT2D eigenvalue weighted by atomic mass is 32.2. The van der Waals surface area contributed by atoms with Crippen molar-refractivity contribution in [2.75, 3.05) is 6.54 Å². The minimum atomic E-state index is -3.74. The Hall–Kier alpha value is -3.17. The Kier molecular flexibility index (Phi) is 6.86. The van der Waals surface area contributed by atoms with Crippen LogP contribution in [0.2, 0.25) is 0 Å². The summed E-state index contributed by atoms with van der Waals surface area (Å²) in [6.45, 7) is 5.40. The van der Waals surface area contributed by atoms with Crippen molar-refractivity contribution in [3.8, 4) is 11.5 Å². The van der Waals surface area contributed by atoms with Crippen molar-refractivity contribution < 1.29 is 12.8 Å². The number of aromatic nitrogens is 1. The van der Waals surface area contributed by atoms with Crippen LogP contribution in [0.15, 0.2) is 69.1 Å². The zero-order valence-electron chi connectivity index (χ0n) is 16.9. The smallest absolute Gasteiger partial charge is 0.238 e. The maximum atomic E-state index is 11.5. The molecule has 0 unspecified atom stereocenters. The largest absolute Gasteiger partial charge is 0.444 e. The van der Waals surface area contributed by atoms with Crippen LogP contribution >= 0.6 is 0 Å². The lowest BCUT2D eigenvalue weighted by atomic mass is 10.1. The fourth-order valence-corrected chi connectivity index (χ4v) is 3.31. The number of nitrogens with two attached hydrogens (primary N) is 1. The number of hydrogen-bond acceptors (Lipinski definition) is 5. The van der Waals surface area contributed by atoms with Crippen molar-refractivity contribution >= 4 is 16.0 Å². The summed E-state index contributed by atoms with van der Waals surface area (Å²) in [4.78, 5) is 9.07. The van der Waals surface area contributed by atoms with Crippen LogP contribution in [0, 0.1) is 6.92 Å². The topological polar surface area (TPSA) is 123 Å². The van der Waals surface area contributed by atoms with E-state index in [9.17, 15) is 8.42 Å². The van der Waals surface area contributed by atoms with Crippen LogP contribution in [0.4, 0.5) is 0 Å². The molecule has 0 aliphatic rings. The number of sulfonamides is 1. The van der Waals surface area contributed by atoms with E-state index in [2.05, 4.69) is 20.6 Å². The maximum absolute atomic E-state index is 11.5. The Bertz CT molecular complexity index is 1120. The first-order valence-corrected chi connectivity index (χ1v) is 11.0. The molecule has 0 fully saturated rings. The maximum Gasteiger partial charge on any atom is 0.238 e. The van der Waals surface area contributed by atoms with E-state index in [0.29, 0.717) is 31.5 Å². The summed E-state index contributed by atoms with van der Waals surface area (Å²) in [6.07, 6.45) is 1.61. The number of hydrogen-bond donors (Lipinski definition) is 3. The van der Waals surface area contributed by atoms with Gasteiger partial charge in [0.25, 0.3) is 0 Å². The van der Waals surface area contributed by atoms with Crippen molar-refractivity contribution in [3.63, 3.8) is 0 Å². The van der Waals surface area contributed by atoms with Gasteiger partial charge in [-0.15, -0.1) is 0 Å². The van der Waals surface area contributed by atoms with Gasteiger partial charge in [0.1, 0.15) is 6.26 Å². The van der Waals surface area contributed by atoms with Crippen LogP contribution in [-0.4, -0.2) is 25.9 Å². The number of rotatable bonds is 7. The number of guanidine groups is 1. The molecule has 0 radical (unpaired) electrons. The zero-order chi connectivity index (χ0) is 21.6. The minimum Gasteiger partial charge on any atom is -0.444 e. The highest BCUT2D eigenvalue weighted by Gasteiger charge is 2.09. The Morgan fingerprint density at radius 3 is 2.63 bits per heavy atom. The zero-order valence-corrected chi connectivity index (χ0v) is 17.7. The summed E-state index contributed by atoms with van der Waals surface area (Å²) < 4.78 is 28.6. The van der Waals surface area contributed by atoms with Gasteiger partial charge in [0, 0.05) is 12.1 Å². The molecular weight excluding hydrogens is 402 g/mol. The molecule has 8 nitrogen and oxygen atoms in total. The molecule has 2 aromatic carbocycles. The summed E-state index contributed by atoms with van der Waals surface area (Å²) in [5.74, 6) is 1.15. The van der Waals surface area contributed by atoms with Crippen LogP contribution in [-0.2, 0) is 23.1 Å². The van der Waals surface area contributed by atoms with Crippen LogP contribution < -0.4 is 15.8 Å². The van der Waals surface area contributed by atoms with E-state index < -0.39 is 10.0 Å². The fraction of sp³-hybridized carbons (Fsp3) is 0.238. The van der Waals surface area contributed by atoms with Gasteiger partial charge in [-0.25, -0.2) is 23.5 Å². The Labute approximate surface area is 176 Å². The molecule has 0 saturated carbocycles. The SMILES string of the molecule is CCNC(=NCc1cccc(S(N)(=O)=O)c1)NCc1coc(-c2ccc(C)cc2)n1. The summed E-state index contributed by atoms with van der Waals surface area (Å²) in [6, 6.07) is 14.4. The first-order valence-electron chi connectivity index (χ1n) is 9.50. The third kappa shape index (κ3) is 5.91. The van der Waals surface area contributed by atoms with Crippen LogP contribution in [0.3, 0.4) is 0 Å². The number of primary sulfonamides is 1. The molecule has 0 atom stereocenters. The molecule has 9 heteroatoms. The van der Waals surface area contributed by atoms with Gasteiger partial charge in [-0.05, 0) is 43.7 Å². The molecule has 1 heterocycles. The van der Waals surface area contributed by atoms with E-state index in [1.165, 1.54) is 17.7 Å². The first kappa shape index (κ1) is 21.5. The molecule has 4 N–H and O–H groups in total. The van der Waals surface area contributed by atoms with Gasteiger partial charge in [-0.3, -0.25) is 0 Å². The van der Waals surface area contributed by atoms with Crippen LogP contribution in [0.5, 0.6) is 0 Å². The molecule has 3 aromatic rings. The van der Waals surface area contributed by atoms with E-state index in [-0.39, 0.29) is 4.90 Å². The molecule has 0 amide bonds. The van der Waals surface area contributed by atoms with Gasteiger partial charge in [0.15, 0.2) is 5.96 Å². The fourth-order valence-electron chi connectivity index (χ4n) is 2.72. The lowest BCUT2D eigenvalue weighted by Gasteiger charge is -2.10. The van der Waals surface area contributed by atoms with Gasteiger partial charge < -0.3 is 15.1 Å². The van der Waals surface area contributed by atoms with Gasteiger partial charge in [-0.2, -0.15) is 0 Å². The molecule has 0 aliphatic carbocycles. The second-order valence-corrected chi connectivity index (χ2v) is 8.31. The van der Waals surface area contributed by atoms with E-state index >= 15 is 0 Å². The van der Waals surface area contributed by atoms with Gasteiger partial charge in [-0.1, -0.05) is 29.8 Å². The number of aryl methyl sites for hydroxylation is 1. The molecule has 0 aliphatic heterocycles. The quantitative estimate of drug-likeness (QED) is 0.393. The second kappa shape index (κ2) is 9.55. The average Bonchev–Trinajstić information content (AvgIpc) is 3.19. The summed E-state index contributed by atoms with van der Waals surface area (Å²) >= 11 is 0. The Morgan fingerprint density at radius 2 is 1.93 bits per heavy atom. The third-order valence-electron chi connectivity index (χ3n) is 4.28. The normalized spacial score (nSPS) is 12.0. The minimum absolute atomic E-state index is 0.0689.